The Bertz CT molecular complexity index is 220. The Morgan fingerprint density at radius 3 is 2.45 bits per heavy atom. The van der Waals surface area contributed by atoms with Crippen LogP contribution in [0.5, 0.6) is 5.75 Å². The molecule has 0 saturated carbocycles. The molecule has 0 spiro atoms. The first-order valence-corrected chi connectivity index (χ1v) is 3.21. The second kappa shape index (κ2) is 4.31. The lowest BCUT2D eigenvalue weighted by Gasteiger charge is -2.04. The maximum absolute atomic E-state index is 5.72. The standard InChI is InChI=1S/C7H8ClNO.ClH/c1-10-7-5(8)3-2-4-6(7)9;/h2-4H,9H2,1H3;1H/p-1. The van der Waals surface area contributed by atoms with Crippen LogP contribution in [0.2, 0.25) is 5.02 Å². The molecule has 0 aliphatic carbocycles. The van der Waals surface area contributed by atoms with Gasteiger partial charge in [0.1, 0.15) is 0 Å². The highest BCUT2D eigenvalue weighted by molar-refractivity contribution is 6.32. The molecule has 11 heavy (non-hydrogen) atoms. The van der Waals surface area contributed by atoms with Gasteiger partial charge in [-0.25, -0.2) is 0 Å². The predicted octanol–water partition coefficient (Wildman–Crippen LogP) is -1.07. The molecular weight excluding hydrogens is 185 g/mol. The van der Waals surface area contributed by atoms with Crippen molar-refractivity contribution in [2.75, 3.05) is 12.8 Å². The Hall–Kier alpha value is -0.600. The lowest BCUT2D eigenvalue weighted by Crippen LogP contribution is -3.00. The summed E-state index contributed by atoms with van der Waals surface area (Å²) in [5, 5.41) is 0.544. The highest BCUT2D eigenvalue weighted by atomic mass is 35.5. The second-order valence-corrected chi connectivity index (χ2v) is 2.27. The summed E-state index contributed by atoms with van der Waals surface area (Å²) in [5.41, 5.74) is 6.09. The fourth-order valence-electron chi connectivity index (χ4n) is 0.741. The van der Waals surface area contributed by atoms with E-state index in [0.717, 1.165) is 0 Å². The molecule has 2 nitrogen and oxygen atoms in total. The number of halogens is 2. The third kappa shape index (κ3) is 2.17. The molecule has 0 aromatic heterocycles. The highest BCUT2D eigenvalue weighted by Crippen LogP contribution is 2.29. The van der Waals surface area contributed by atoms with E-state index in [1.165, 1.54) is 7.11 Å². The van der Waals surface area contributed by atoms with E-state index in [-0.39, 0.29) is 12.4 Å². The van der Waals surface area contributed by atoms with E-state index >= 15 is 0 Å². The maximum Gasteiger partial charge on any atom is 0.160 e. The number of nitrogens with two attached hydrogens (primary N) is 1. The van der Waals surface area contributed by atoms with Crippen LogP contribution in [0, 0.1) is 0 Å². The summed E-state index contributed by atoms with van der Waals surface area (Å²) in [4.78, 5) is 0. The van der Waals surface area contributed by atoms with E-state index in [9.17, 15) is 0 Å². The number of hydrogen-bond acceptors (Lipinski definition) is 2. The molecule has 1 aromatic rings. The third-order valence-corrected chi connectivity index (χ3v) is 1.50. The first-order valence-electron chi connectivity index (χ1n) is 2.83. The zero-order valence-corrected chi connectivity index (χ0v) is 7.49. The van der Waals surface area contributed by atoms with Gasteiger partial charge in [0.05, 0.1) is 17.8 Å². The largest absolute Gasteiger partial charge is 1.00 e. The lowest BCUT2D eigenvalue weighted by atomic mass is 10.3. The summed E-state index contributed by atoms with van der Waals surface area (Å²) >= 11 is 5.72. The minimum atomic E-state index is 0. The van der Waals surface area contributed by atoms with Gasteiger partial charge in [-0.2, -0.15) is 0 Å². The first kappa shape index (κ1) is 10.4. The normalized spacial score (nSPS) is 8.55. The van der Waals surface area contributed by atoms with Crippen molar-refractivity contribution in [1.29, 1.82) is 0 Å². The Labute approximate surface area is 76.7 Å². The Kier molecular flexibility index (Phi) is 4.08. The van der Waals surface area contributed by atoms with Crippen LogP contribution < -0.4 is 22.9 Å². The van der Waals surface area contributed by atoms with Gasteiger partial charge in [-0.05, 0) is 12.1 Å². The van der Waals surface area contributed by atoms with Crippen molar-refractivity contribution in [1.82, 2.24) is 0 Å². The van der Waals surface area contributed by atoms with Crippen molar-refractivity contribution in [2.24, 2.45) is 0 Å². The zero-order valence-electron chi connectivity index (χ0n) is 5.97. The molecule has 0 aliphatic heterocycles. The van der Waals surface area contributed by atoms with Gasteiger partial charge in [-0.3, -0.25) is 0 Å². The fraction of sp³-hybridized carbons (Fsp3) is 0.143. The highest BCUT2D eigenvalue weighted by Gasteiger charge is 2.01. The van der Waals surface area contributed by atoms with Gasteiger partial charge >= 0.3 is 0 Å². The molecule has 62 valence electrons. The average molecular weight is 193 g/mol. The Balaban J connectivity index is 0.000001000. The third-order valence-electron chi connectivity index (χ3n) is 1.20. The number of rotatable bonds is 1. The second-order valence-electron chi connectivity index (χ2n) is 1.86. The average Bonchev–Trinajstić information content (AvgIpc) is 1.88. The van der Waals surface area contributed by atoms with Crippen LogP contribution in [0.3, 0.4) is 0 Å². The van der Waals surface area contributed by atoms with Gasteiger partial charge < -0.3 is 22.9 Å². The minimum absolute atomic E-state index is 0. The lowest BCUT2D eigenvalue weighted by molar-refractivity contribution is -0.00000224. The number of nitrogen functional groups attached to an aromatic ring is 1. The molecule has 0 bridgehead atoms. The summed E-state index contributed by atoms with van der Waals surface area (Å²) in [6, 6.07) is 5.25. The molecule has 1 rings (SSSR count). The van der Waals surface area contributed by atoms with Gasteiger partial charge in [0.2, 0.25) is 0 Å². The number of para-hydroxylation sites is 1. The van der Waals surface area contributed by atoms with Gasteiger partial charge in [0.25, 0.3) is 0 Å². The number of ether oxygens (including phenoxy) is 1. The Morgan fingerprint density at radius 2 is 2.09 bits per heavy atom. The summed E-state index contributed by atoms with van der Waals surface area (Å²) < 4.78 is 4.92. The van der Waals surface area contributed by atoms with Crippen LogP contribution in [0.15, 0.2) is 18.2 Å². The van der Waals surface area contributed by atoms with Crippen molar-refractivity contribution in [2.45, 2.75) is 0 Å². The van der Waals surface area contributed by atoms with Crippen LogP contribution in [0.25, 0.3) is 0 Å². The van der Waals surface area contributed by atoms with E-state index in [0.29, 0.717) is 16.5 Å². The smallest absolute Gasteiger partial charge is 0.160 e. The fourth-order valence-corrected chi connectivity index (χ4v) is 1.000. The van der Waals surface area contributed by atoms with Crippen molar-refractivity contribution in [3.8, 4) is 5.75 Å². The van der Waals surface area contributed by atoms with Gasteiger partial charge in [-0.15, -0.1) is 0 Å². The summed E-state index contributed by atoms with van der Waals surface area (Å²) in [7, 11) is 1.54. The molecule has 0 heterocycles. The number of hydrogen-bond donors (Lipinski definition) is 1. The maximum atomic E-state index is 5.72. The number of methoxy groups -OCH3 is 1. The van der Waals surface area contributed by atoms with E-state index in [1.807, 2.05) is 0 Å². The number of benzene rings is 1. The van der Waals surface area contributed by atoms with Crippen LogP contribution in [0.1, 0.15) is 0 Å². The quantitative estimate of drug-likeness (QED) is 0.576. The molecule has 0 atom stereocenters. The summed E-state index contributed by atoms with van der Waals surface area (Å²) in [5.74, 6) is 0.546. The molecule has 0 fully saturated rings. The molecule has 2 N–H and O–H groups in total. The monoisotopic (exact) mass is 192 g/mol. The van der Waals surface area contributed by atoms with Crippen molar-refractivity contribution >= 4 is 17.3 Å². The SMILES string of the molecule is COc1c(N)cccc1Cl.[Cl-]. The van der Waals surface area contributed by atoms with Crippen molar-refractivity contribution in [3.63, 3.8) is 0 Å². The van der Waals surface area contributed by atoms with Gasteiger partial charge in [0, 0.05) is 0 Å². The zero-order chi connectivity index (χ0) is 7.56. The molecule has 0 radical (unpaired) electrons. The topological polar surface area (TPSA) is 35.2 Å². The van der Waals surface area contributed by atoms with E-state index in [1.54, 1.807) is 18.2 Å². The molecule has 1 aromatic carbocycles. The first-order chi connectivity index (χ1) is 4.75. The van der Waals surface area contributed by atoms with Gasteiger partial charge in [0.15, 0.2) is 5.75 Å². The van der Waals surface area contributed by atoms with Crippen LogP contribution in [-0.4, -0.2) is 7.11 Å². The van der Waals surface area contributed by atoms with E-state index < -0.39 is 0 Å². The summed E-state index contributed by atoms with van der Waals surface area (Å²) in [6.07, 6.45) is 0. The molecule has 0 amide bonds. The minimum Gasteiger partial charge on any atom is -1.00 e. The summed E-state index contributed by atoms with van der Waals surface area (Å²) in [6.45, 7) is 0. The van der Waals surface area contributed by atoms with Crippen LogP contribution >= 0.6 is 11.6 Å². The predicted molar refractivity (Wildman–Crippen MR) is 42.4 cm³/mol. The molecule has 4 heteroatoms. The van der Waals surface area contributed by atoms with Crippen molar-refractivity contribution < 1.29 is 17.1 Å². The molecular formula is C7H8Cl2NO-. The van der Waals surface area contributed by atoms with Crippen LogP contribution in [-0.2, 0) is 0 Å². The van der Waals surface area contributed by atoms with Crippen molar-refractivity contribution in [3.05, 3.63) is 23.2 Å². The molecule has 0 aliphatic rings. The molecule has 0 saturated heterocycles. The molecule has 0 unspecified atom stereocenters. The van der Waals surface area contributed by atoms with E-state index in [4.69, 9.17) is 22.1 Å². The Morgan fingerprint density at radius 1 is 1.45 bits per heavy atom. The van der Waals surface area contributed by atoms with Crippen LogP contribution in [0.4, 0.5) is 5.69 Å². The van der Waals surface area contributed by atoms with E-state index in [2.05, 4.69) is 0 Å². The number of anilines is 1. The van der Waals surface area contributed by atoms with Gasteiger partial charge in [-0.1, -0.05) is 17.7 Å².